The molecule has 3 heteroatoms. The molecule has 130 valence electrons. The molecule has 0 radical (unpaired) electrons. The predicted molar refractivity (Wildman–Crippen MR) is 98.0 cm³/mol. The number of allylic oxidation sites excluding steroid dienone is 2. The van der Waals surface area contributed by atoms with E-state index in [1.54, 1.807) is 12.1 Å². The van der Waals surface area contributed by atoms with Crippen LogP contribution in [0.2, 0.25) is 0 Å². The fraction of sp³-hybridized carbons (Fsp3) is 0.476. The van der Waals surface area contributed by atoms with Gasteiger partial charge in [-0.05, 0) is 36.1 Å². The Morgan fingerprint density at radius 1 is 1.12 bits per heavy atom. The van der Waals surface area contributed by atoms with E-state index in [0.717, 1.165) is 25.0 Å². The first-order valence-corrected chi connectivity index (χ1v) is 8.93. The van der Waals surface area contributed by atoms with Crippen molar-refractivity contribution in [3.05, 3.63) is 53.6 Å². The van der Waals surface area contributed by atoms with Crippen molar-refractivity contribution in [2.45, 2.75) is 51.6 Å². The van der Waals surface area contributed by atoms with Gasteiger partial charge >= 0.3 is 5.97 Å². The molecule has 1 aliphatic carbocycles. The second-order valence-corrected chi connectivity index (χ2v) is 6.15. The molecule has 0 spiro atoms. The van der Waals surface area contributed by atoms with Crippen LogP contribution in [-0.4, -0.2) is 25.8 Å². The monoisotopic (exact) mass is 328 g/mol. The first kappa shape index (κ1) is 18.5. The van der Waals surface area contributed by atoms with Crippen LogP contribution in [0.4, 0.5) is 0 Å². The zero-order valence-corrected chi connectivity index (χ0v) is 14.8. The molecule has 0 fully saturated rings. The summed E-state index contributed by atoms with van der Waals surface area (Å²) in [7, 11) is 1.40. The summed E-state index contributed by atoms with van der Waals surface area (Å²) in [6.07, 6.45) is 13.9. The van der Waals surface area contributed by atoms with Crippen molar-refractivity contribution >= 4 is 11.5 Å². The van der Waals surface area contributed by atoms with Crippen molar-refractivity contribution in [3.8, 4) is 0 Å². The fourth-order valence-corrected chi connectivity index (χ4v) is 2.80. The van der Waals surface area contributed by atoms with Crippen LogP contribution in [0.1, 0.15) is 61.4 Å². The highest BCUT2D eigenvalue weighted by Crippen LogP contribution is 2.23. The molecule has 0 aliphatic heterocycles. The number of carbonyl (C=O) groups excluding carboxylic acids is 1. The van der Waals surface area contributed by atoms with Gasteiger partial charge in [-0.1, -0.05) is 63.0 Å². The number of esters is 1. The van der Waals surface area contributed by atoms with Crippen molar-refractivity contribution < 1.29 is 14.3 Å². The SMILES string of the molecule is CCCCCCCOC1C=CC(c2ccc(C(=O)OC)cc2)=CC1. The summed E-state index contributed by atoms with van der Waals surface area (Å²) in [5.74, 6) is -0.304. The van der Waals surface area contributed by atoms with Crippen LogP contribution in [0, 0.1) is 0 Å². The lowest BCUT2D eigenvalue weighted by atomic mass is 9.97. The first-order chi connectivity index (χ1) is 11.7. The Labute approximate surface area is 145 Å². The summed E-state index contributed by atoms with van der Waals surface area (Å²) >= 11 is 0. The van der Waals surface area contributed by atoms with Gasteiger partial charge in [0, 0.05) is 6.61 Å². The van der Waals surface area contributed by atoms with Crippen LogP contribution >= 0.6 is 0 Å². The maximum absolute atomic E-state index is 11.5. The quantitative estimate of drug-likeness (QED) is 0.463. The topological polar surface area (TPSA) is 35.5 Å². The van der Waals surface area contributed by atoms with Gasteiger partial charge in [-0.25, -0.2) is 4.79 Å². The second-order valence-electron chi connectivity index (χ2n) is 6.15. The minimum Gasteiger partial charge on any atom is -0.465 e. The van der Waals surface area contributed by atoms with Gasteiger partial charge < -0.3 is 9.47 Å². The molecule has 1 unspecified atom stereocenters. The van der Waals surface area contributed by atoms with Crippen LogP contribution in [0.15, 0.2) is 42.5 Å². The Bertz CT molecular complexity index is 569. The third kappa shape index (κ3) is 5.64. The maximum atomic E-state index is 11.5. The number of hydrogen-bond acceptors (Lipinski definition) is 3. The molecule has 3 nitrogen and oxygen atoms in total. The smallest absolute Gasteiger partial charge is 0.337 e. The van der Waals surface area contributed by atoms with E-state index in [4.69, 9.17) is 9.47 Å². The van der Waals surface area contributed by atoms with Gasteiger partial charge in [0.1, 0.15) is 0 Å². The number of carbonyl (C=O) groups is 1. The van der Waals surface area contributed by atoms with Gasteiger partial charge in [0.2, 0.25) is 0 Å². The third-order valence-electron chi connectivity index (χ3n) is 4.28. The van der Waals surface area contributed by atoms with Gasteiger partial charge in [-0.2, -0.15) is 0 Å². The summed E-state index contributed by atoms with van der Waals surface area (Å²) in [4.78, 5) is 11.5. The molecule has 24 heavy (non-hydrogen) atoms. The average molecular weight is 328 g/mol. The normalized spacial score (nSPS) is 16.8. The van der Waals surface area contributed by atoms with E-state index < -0.39 is 0 Å². The molecule has 1 aromatic carbocycles. The van der Waals surface area contributed by atoms with Gasteiger partial charge in [0.05, 0.1) is 18.8 Å². The van der Waals surface area contributed by atoms with E-state index in [0.29, 0.717) is 5.56 Å². The summed E-state index contributed by atoms with van der Waals surface area (Å²) < 4.78 is 10.6. The van der Waals surface area contributed by atoms with Crippen LogP contribution in [0.5, 0.6) is 0 Å². The highest BCUT2D eigenvalue weighted by atomic mass is 16.5. The van der Waals surface area contributed by atoms with Crippen LogP contribution in [0.3, 0.4) is 0 Å². The van der Waals surface area contributed by atoms with Crippen molar-refractivity contribution in [1.82, 2.24) is 0 Å². The molecule has 2 rings (SSSR count). The molecule has 0 bridgehead atoms. The van der Waals surface area contributed by atoms with E-state index in [-0.39, 0.29) is 12.1 Å². The lowest BCUT2D eigenvalue weighted by Crippen LogP contribution is -2.12. The average Bonchev–Trinajstić information content (AvgIpc) is 2.64. The lowest BCUT2D eigenvalue weighted by molar-refractivity contribution is 0.0600. The summed E-state index contributed by atoms with van der Waals surface area (Å²) in [6, 6.07) is 7.51. The van der Waals surface area contributed by atoms with Crippen molar-refractivity contribution in [1.29, 1.82) is 0 Å². The Balaban J connectivity index is 1.77. The van der Waals surface area contributed by atoms with Crippen molar-refractivity contribution in [2.24, 2.45) is 0 Å². The second kappa shape index (κ2) is 10.1. The summed E-state index contributed by atoms with van der Waals surface area (Å²) in [5.41, 5.74) is 2.86. The Morgan fingerprint density at radius 2 is 1.88 bits per heavy atom. The van der Waals surface area contributed by atoms with E-state index in [2.05, 4.69) is 25.2 Å². The number of hydrogen-bond donors (Lipinski definition) is 0. The Hall–Kier alpha value is -1.87. The molecule has 1 aliphatic rings. The van der Waals surface area contributed by atoms with Crippen molar-refractivity contribution in [3.63, 3.8) is 0 Å². The van der Waals surface area contributed by atoms with Crippen molar-refractivity contribution in [2.75, 3.05) is 13.7 Å². The fourth-order valence-electron chi connectivity index (χ4n) is 2.80. The first-order valence-electron chi connectivity index (χ1n) is 8.93. The highest BCUT2D eigenvalue weighted by Gasteiger charge is 2.11. The van der Waals surface area contributed by atoms with Gasteiger partial charge in [-0.15, -0.1) is 0 Å². The molecule has 0 saturated heterocycles. The zero-order valence-electron chi connectivity index (χ0n) is 14.8. The highest BCUT2D eigenvalue weighted by molar-refractivity contribution is 5.90. The number of ether oxygens (including phenoxy) is 2. The van der Waals surface area contributed by atoms with Gasteiger partial charge in [0.25, 0.3) is 0 Å². The van der Waals surface area contributed by atoms with Crippen LogP contribution in [0.25, 0.3) is 5.57 Å². The minimum atomic E-state index is -0.304. The number of unbranched alkanes of at least 4 members (excludes halogenated alkanes) is 4. The van der Waals surface area contributed by atoms with Crippen LogP contribution < -0.4 is 0 Å². The maximum Gasteiger partial charge on any atom is 0.337 e. The summed E-state index contributed by atoms with van der Waals surface area (Å²) in [6.45, 7) is 3.08. The lowest BCUT2D eigenvalue weighted by Gasteiger charge is -2.17. The number of methoxy groups -OCH3 is 1. The molecular weight excluding hydrogens is 300 g/mol. The molecular formula is C21H28O3. The van der Waals surface area contributed by atoms with E-state index in [9.17, 15) is 4.79 Å². The number of benzene rings is 1. The zero-order chi connectivity index (χ0) is 17.2. The summed E-state index contributed by atoms with van der Waals surface area (Å²) in [5, 5.41) is 0. The standard InChI is InChI=1S/C21H28O3/c1-3-4-5-6-7-16-24-20-14-12-18(13-15-20)17-8-10-19(11-9-17)21(22)23-2/h8-14,20H,3-7,15-16H2,1-2H3. The number of rotatable bonds is 9. The molecule has 0 aromatic heterocycles. The molecule has 0 heterocycles. The molecule has 0 N–H and O–H groups in total. The minimum absolute atomic E-state index is 0.189. The molecule has 0 saturated carbocycles. The third-order valence-corrected chi connectivity index (χ3v) is 4.28. The molecule has 0 amide bonds. The van der Waals surface area contributed by atoms with E-state index >= 15 is 0 Å². The predicted octanol–water partition coefficient (Wildman–Crippen LogP) is 5.17. The Kier molecular flexibility index (Phi) is 7.76. The molecule has 1 atom stereocenters. The van der Waals surface area contributed by atoms with E-state index in [1.165, 1.54) is 38.4 Å². The van der Waals surface area contributed by atoms with Gasteiger partial charge in [-0.3, -0.25) is 0 Å². The Morgan fingerprint density at radius 3 is 2.50 bits per heavy atom. The van der Waals surface area contributed by atoms with E-state index in [1.807, 2.05) is 12.1 Å². The van der Waals surface area contributed by atoms with Crippen LogP contribution in [-0.2, 0) is 9.47 Å². The van der Waals surface area contributed by atoms with Gasteiger partial charge in [0.15, 0.2) is 0 Å². The largest absolute Gasteiger partial charge is 0.465 e. The molecule has 1 aromatic rings.